The fourth-order valence-electron chi connectivity index (χ4n) is 2.32. The smallest absolute Gasteiger partial charge is 0.220 e. The number of benzene rings is 1. The molecule has 1 amide bonds. The molecule has 0 aliphatic rings. The molecule has 0 bridgehead atoms. The van der Waals surface area contributed by atoms with Crippen molar-refractivity contribution in [2.24, 2.45) is 0 Å². The largest absolute Gasteiger partial charge is 0.356 e. The minimum atomic E-state index is -0.297. The first-order chi connectivity index (χ1) is 10.6. The molecule has 4 nitrogen and oxygen atoms in total. The molecule has 0 radical (unpaired) electrons. The quantitative estimate of drug-likeness (QED) is 0.848. The zero-order valence-electron chi connectivity index (χ0n) is 12.9. The molecule has 5 heteroatoms. The van der Waals surface area contributed by atoms with Crippen molar-refractivity contribution in [1.29, 1.82) is 0 Å². The lowest BCUT2D eigenvalue weighted by Crippen LogP contribution is -2.33. The summed E-state index contributed by atoms with van der Waals surface area (Å²) in [5.74, 6) is 0.324. The van der Waals surface area contributed by atoms with E-state index in [-0.39, 0.29) is 17.8 Å². The Hall–Kier alpha value is -2.17. The Morgan fingerprint density at radius 1 is 1.27 bits per heavy atom. The fourth-order valence-corrected chi connectivity index (χ4v) is 2.32. The van der Waals surface area contributed by atoms with Gasteiger partial charge in [0.2, 0.25) is 5.91 Å². The first-order valence-corrected chi connectivity index (χ1v) is 7.62. The number of hydrogen-bond donors (Lipinski definition) is 1. The number of aryl methyl sites for hydroxylation is 1. The van der Waals surface area contributed by atoms with Crippen molar-refractivity contribution in [3.8, 4) is 11.3 Å². The fraction of sp³-hybridized carbons (Fsp3) is 0.412. The first kappa shape index (κ1) is 16.2. The van der Waals surface area contributed by atoms with Crippen LogP contribution in [-0.2, 0) is 11.2 Å². The molecule has 0 saturated carbocycles. The lowest BCUT2D eigenvalue weighted by atomic mass is 10.0. The SMILES string of the molecule is CCC(CC)NC(=O)CCc1cnoc1-c1ccc(F)cc1. The Labute approximate surface area is 129 Å². The number of carbonyl (C=O) groups excluding carboxylic acids is 1. The molecule has 1 aromatic carbocycles. The lowest BCUT2D eigenvalue weighted by molar-refractivity contribution is -0.121. The molecule has 0 unspecified atom stereocenters. The molecule has 22 heavy (non-hydrogen) atoms. The second kappa shape index (κ2) is 7.73. The summed E-state index contributed by atoms with van der Waals surface area (Å²) in [5.41, 5.74) is 1.61. The van der Waals surface area contributed by atoms with Crippen LogP contribution in [0, 0.1) is 5.82 Å². The van der Waals surface area contributed by atoms with E-state index in [9.17, 15) is 9.18 Å². The van der Waals surface area contributed by atoms with E-state index >= 15 is 0 Å². The average molecular weight is 304 g/mol. The zero-order chi connectivity index (χ0) is 15.9. The average Bonchev–Trinajstić information content (AvgIpc) is 3.00. The molecule has 118 valence electrons. The van der Waals surface area contributed by atoms with Gasteiger partial charge >= 0.3 is 0 Å². The van der Waals surface area contributed by atoms with Crippen LogP contribution in [0.3, 0.4) is 0 Å². The number of nitrogens with one attached hydrogen (secondary N) is 1. The Kier molecular flexibility index (Phi) is 5.69. The summed E-state index contributed by atoms with van der Waals surface area (Å²) in [6.07, 6.45) is 4.39. The third-order valence-electron chi connectivity index (χ3n) is 3.72. The minimum absolute atomic E-state index is 0.0277. The van der Waals surface area contributed by atoms with Gasteiger partial charge in [0.05, 0.1) is 6.20 Å². The van der Waals surface area contributed by atoms with Crippen LogP contribution in [0.15, 0.2) is 35.0 Å². The molecule has 0 atom stereocenters. The Bertz CT molecular complexity index is 603. The van der Waals surface area contributed by atoms with Gasteiger partial charge in [-0.1, -0.05) is 19.0 Å². The van der Waals surface area contributed by atoms with E-state index < -0.39 is 0 Å². The summed E-state index contributed by atoms with van der Waals surface area (Å²) in [6.45, 7) is 4.11. The molecule has 0 spiro atoms. The second-order valence-corrected chi connectivity index (χ2v) is 5.27. The van der Waals surface area contributed by atoms with E-state index in [0.29, 0.717) is 18.6 Å². The van der Waals surface area contributed by atoms with E-state index in [0.717, 1.165) is 24.0 Å². The Morgan fingerprint density at radius 2 is 1.95 bits per heavy atom. The van der Waals surface area contributed by atoms with E-state index in [1.165, 1.54) is 12.1 Å². The summed E-state index contributed by atoms with van der Waals surface area (Å²) < 4.78 is 18.2. The van der Waals surface area contributed by atoms with E-state index in [1.807, 2.05) is 0 Å². The number of nitrogens with zero attached hydrogens (tertiary/aromatic N) is 1. The maximum absolute atomic E-state index is 13.0. The van der Waals surface area contributed by atoms with Crippen molar-refractivity contribution in [2.75, 3.05) is 0 Å². The van der Waals surface area contributed by atoms with Gasteiger partial charge in [-0.05, 0) is 43.5 Å². The predicted molar refractivity (Wildman–Crippen MR) is 82.7 cm³/mol. The van der Waals surface area contributed by atoms with E-state index in [4.69, 9.17) is 4.52 Å². The molecule has 0 aliphatic carbocycles. The number of rotatable bonds is 7. The van der Waals surface area contributed by atoms with Gasteiger partial charge in [-0.3, -0.25) is 4.79 Å². The summed E-state index contributed by atoms with van der Waals surface area (Å²) in [6, 6.07) is 6.27. The number of aromatic nitrogens is 1. The Balaban J connectivity index is 1.98. The summed E-state index contributed by atoms with van der Waals surface area (Å²) in [7, 11) is 0. The minimum Gasteiger partial charge on any atom is -0.356 e. The normalized spacial score (nSPS) is 10.9. The van der Waals surface area contributed by atoms with Crippen LogP contribution < -0.4 is 5.32 Å². The van der Waals surface area contributed by atoms with Crippen LogP contribution in [0.4, 0.5) is 4.39 Å². The lowest BCUT2D eigenvalue weighted by Gasteiger charge is -2.14. The van der Waals surface area contributed by atoms with Crippen LogP contribution in [0.25, 0.3) is 11.3 Å². The van der Waals surface area contributed by atoms with Gasteiger partial charge in [0.15, 0.2) is 5.76 Å². The number of carbonyl (C=O) groups is 1. The van der Waals surface area contributed by atoms with Crippen molar-refractivity contribution in [1.82, 2.24) is 10.5 Å². The van der Waals surface area contributed by atoms with Gasteiger partial charge in [-0.25, -0.2) is 4.39 Å². The third-order valence-corrected chi connectivity index (χ3v) is 3.72. The number of amides is 1. The topological polar surface area (TPSA) is 55.1 Å². The Morgan fingerprint density at radius 3 is 2.59 bits per heavy atom. The molecule has 0 fully saturated rings. The highest BCUT2D eigenvalue weighted by atomic mass is 19.1. The van der Waals surface area contributed by atoms with Crippen molar-refractivity contribution in [3.63, 3.8) is 0 Å². The van der Waals surface area contributed by atoms with Gasteiger partial charge in [-0.15, -0.1) is 0 Å². The van der Waals surface area contributed by atoms with Crippen LogP contribution in [0.1, 0.15) is 38.7 Å². The molecule has 2 aromatic rings. The van der Waals surface area contributed by atoms with Crippen molar-refractivity contribution in [2.45, 2.75) is 45.6 Å². The highest BCUT2D eigenvalue weighted by molar-refractivity contribution is 5.76. The highest BCUT2D eigenvalue weighted by Gasteiger charge is 2.14. The van der Waals surface area contributed by atoms with Crippen LogP contribution >= 0.6 is 0 Å². The van der Waals surface area contributed by atoms with E-state index in [2.05, 4.69) is 24.3 Å². The molecule has 2 rings (SSSR count). The van der Waals surface area contributed by atoms with E-state index in [1.54, 1.807) is 18.3 Å². The zero-order valence-corrected chi connectivity index (χ0v) is 12.9. The molecular formula is C17H21FN2O2. The van der Waals surface area contributed by atoms with Gasteiger partial charge in [0.1, 0.15) is 5.82 Å². The van der Waals surface area contributed by atoms with Crippen molar-refractivity contribution in [3.05, 3.63) is 41.8 Å². The monoisotopic (exact) mass is 304 g/mol. The molecular weight excluding hydrogens is 283 g/mol. The van der Waals surface area contributed by atoms with Crippen LogP contribution in [0.2, 0.25) is 0 Å². The molecule has 1 aromatic heterocycles. The molecule has 1 N–H and O–H groups in total. The van der Waals surface area contributed by atoms with Crippen LogP contribution in [0.5, 0.6) is 0 Å². The maximum Gasteiger partial charge on any atom is 0.220 e. The maximum atomic E-state index is 13.0. The first-order valence-electron chi connectivity index (χ1n) is 7.62. The summed E-state index contributed by atoms with van der Waals surface area (Å²) in [5, 5.41) is 6.80. The molecule has 0 aliphatic heterocycles. The summed E-state index contributed by atoms with van der Waals surface area (Å²) >= 11 is 0. The van der Waals surface area contributed by atoms with Gasteiger partial charge in [0, 0.05) is 23.6 Å². The number of halogens is 1. The molecule has 0 saturated heterocycles. The van der Waals surface area contributed by atoms with Gasteiger partial charge in [-0.2, -0.15) is 0 Å². The summed E-state index contributed by atoms with van der Waals surface area (Å²) in [4.78, 5) is 11.9. The third kappa shape index (κ3) is 4.16. The molecule has 1 heterocycles. The predicted octanol–water partition coefficient (Wildman–Crippen LogP) is 3.72. The highest BCUT2D eigenvalue weighted by Crippen LogP contribution is 2.24. The second-order valence-electron chi connectivity index (χ2n) is 5.27. The van der Waals surface area contributed by atoms with Crippen molar-refractivity contribution >= 4 is 5.91 Å². The van der Waals surface area contributed by atoms with Gasteiger partial charge < -0.3 is 9.84 Å². The van der Waals surface area contributed by atoms with Gasteiger partial charge in [0.25, 0.3) is 0 Å². The van der Waals surface area contributed by atoms with Crippen molar-refractivity contribution < 1.29 is 13.7 Å². The van der Waals surface area contributed by atoms with Crippen LogP contribution in [-0.4, -0.2) is 17.1 Å². The standard InChI is InChI=1S/C17H21FN2O2/c1-3-15(4-2)20-16(21)10-7-13-11-19-22-17(13)12-5-8-14(18)9-6-12/h5-6,8-9,11,15H,3-4,7,10H2,1-2H3,(H,20,21). The number of hydrogen-bond acceptors (Lipinski definition) is 3.